The standard InChI is InChI=1S/C10H13N.C4H4O4/c1-2-5-10-8-11-7-3-6-9(10)4-1;5-3(6)1-2-4(7)8/h1-2,4-5,11H,3,6-8H2;1-2H,(H,5,6)(H,7,8)/b;2-1-. The van der Waals surface area contributed by atoms with E-state index < -0.39 is 11.9 Å². The van der Waals surface area contributed by atoms with Crippen LogP contribution in [0, 0.1) is 0 Å². The number of nitrogens with one attached hydrogen (secondary N) is 1. The smallest absolute Gasteiger partial charge is 0.328 e. The van der Waals surface area contributed by atoms with E-state index in [0.717, 1.165) is 13.1 Å². The van der Waals surface area contributed by atoms with Gasteiger partial charge in [-0.3, -0.25) is 0 Å². The number of hydrogen-bond acceptors (Lipinski definition) is 3. The van der Waals surface area contributed by atoms with Gasteiger partial charge in [-0.25, -0.2) is 9.59 Å². The summed E-state index contributed by atoms with van der Waals surface area (Å²) in [4.78, 5) is 19.1. The number of aryl methyl sites for hydroxylation is 1. The van der Waals surface area contributed by atoms with E-state index in [1.54, 1.807) is 0 Å². The molecule has 102 valence electrons. The molecule has 0 saturated heterocycles. The van der Waals surface area contributed by atoms with Gasteiger partial charge in [0, 0.05) is 18.7 Å². The minimum Gasteiger partial charge on any atom is -0.478 e. The number of hydrogen-bond donors (Lipinski definition) is 3. The number of rotatable bonds is 2. The van der Waals surface area contributed by atoms with Crippen LogP contribution in [0.25, 0.3) is 0 Å². The molecule has 0 aliphatic carbocycles. The number of benzene rings is 1. The van der Waals surface area contributed by atoms with Crippen molar-refractivity contribution in [1.82, 2.24) is 5.32 Å². The van der Waals surface area contributed by atoms with Crippen LogP contribution < -0.4 is 5.32 Å². The molecule has 0 unspecified atom stereocenters. The summed E-state index contributed by atoms with van der Waals surface area (Å²) in [6.45, 7) is 2.21. The SMILES string of the molecule is O=C(O)/C=C\C(=O)O.c1ccc2c(c1)CCCNC2. The molecule has 0 amide bonds. The second-order valence-corrected chi connectivity index (χ2v) is 4.06. The van der Waals surface area contributed by atoms with Crippen molar-refractivity contribution in [3.63, 3.8) is 0 Å². The highest BCUT2D eigenvalue weighted by atomic mass is 16.4. The van der Waals surface area contributed by atoms with Crippen molar-refractivity contribution in [1.29, 1.82) is 0 Å². The van der Waals surface area contributed by atoms with E-state index in [1.807, 2.05) is 0 Å². The summed E-state index contributed by atoms with van der Waals surface area (Å²) in [6, 6.07) is 8.70. The summed E-state index contributed by atoms with van der Waals surface area (Å²) in [6.07, 6.45) is 3.63. The number of aliphatic carboxylic acids is 2. The quantitative estimate of drug-likeness (QED) is 0.703. The van der Waals surface area contributed by atoms with Gasteiger partial charge in [0.15, 0.2) is 0 Å². The van der Waals surface area contributed by atoms with Crippen LogP contribution in [0.15, 0.2) is 36.4 Å². The molecule has 3 N–H and O–H groups in total. The highest BCUT2D eigenvalue weighted by molar-refractivity contribution is 5.89. The lowest BCUT2D eigenvalue weighted by atomic mass is 10.0. The summed E-state index contributed by atoms with van der Waals surface area (Å²) < 4.78 is 0. The van der Waals surface area contributed by atoms with Crippen LogP contribution in [0.1, 0.15) is 17.5 Å². The van der Waals surface area contributed by atoms with Gasteiger partial charge in [-0.2, -0.15) is 0 Å². The van der Waals surface area contributed by atoms with Gasteiger partial charge in [-0.05, 0) is 30.5 Å². The van der Waals surface area contributed by atoms with Crippen molar-refractivity contribution in [2.24, 2.45) is 0 Å². The van der Waals surface area contributed by atoms with Crippen LogP contribution in [0.3, 0.4) is 0 Å². The lowest BCUT2D eigenvalue weighted by Crippen LogP contribution is -2.11. The molecule has 1 aromatic carbocycles. The molecule has 1 aliphatic heterocycles. The zero-order valence-corrected chi connectivity index (χ0v) is 10.5. The maximum atomic E-state index is 9.55. The molecule has 1 aliphatic rings. The predicted octanol–water partition coefficient (Wildman–Crippen LogP) is 1.43. The Morgan fingerprint density at radius 2 is 1.63 bits per heavy atom. The highest BCUT2D eigenvalue weighted by Crippen LogP contribution is 2.12. The number of carboxylic acid groups (broad SMARTS) is 2. The fraction of sp³-hybridized carbons (Fsp3) is 0.286. The molecule has 0 atom stereocenters. The summed E-state index contributed by atoms with van der Waals surface area (Å²) in [5.41, 5.74) is 3.00. The normalized spacial score (nSPS) is 13.9. The Morgan fingerprint density at radius 1 is 1.05 bits per heavy atom. The minimum absolute atomic E-state index is 0.558. The third-order valence-corrected chi connectivity index (χ3v) is 2.60. The molecular weight excluding hydrogens is 246 g/mol. The Morgan fingerprint density at radius 3 is 2.21 bits per heavy atom. The Bertz CT molecular complexity index is 427. The van der Waals surface area contributed by atoms with Gasteiger partial charge in [-0.1, -0.05) is 24.3 Å². The second kappa shape index (κ2) is 8.05. The highest BCUT2D eigenvalue weighted by Gasteiger charge is 2.04. The third kappa shape index (κ3) is 6.38. The van der Waals surface area contributed by atoms with Crippen molar-refractivity contribution in [3.05, 3.63) is 47.5 Å². The lowest BCUT2D eigenvalue weighted by molar-refractivity contribution is -0.134. The molecule has 0 spiro atoms. The van der Waals surface area contributed by atoms with Gasteiger partial charge in [0.1, 0.15) is 0 Å². The monoisotopic (exact) mass is 263 g/mol. The van der Waals surface area contributed by atoms with E-state index in [-0.39, 0.29) is 0 Å². The molecule has 1 aromatic rings. The summed E-state index contributed by atoms with van der Waals surface area (Å²) >= 11 is 0. The van der Waals surface area contributed by atoms with Crippen molar-refractivity contribution >= 4 is 11.9 Å². The van der Waals surface area contributed by atoms with Crippen LogP contribution in [0.5, 0.6) is 0 Å². The maximum absolute atomic E-state index is 9.55. The first kappa shape index (κ1) is 14.9. The molecule has 0 aromatic heterocycles. The zero-order valence-electron chi connectivity index (χ0n) is 10.5. The van der Waals surface area contributed by atoms with Crippen molar-refractivity contribution in [2.45, 2.75) is 19.4 Å². The van der Waals surface area contributed by atoms with Crippen LogP contribution in [-0.2, 0) is 22.6 Å². The molecule has 0 saturated carbocycles. The van der Waals surface area contributed by atoms with Crippen LogP contribution in [0.4, 0.5) is 0 Å². The average molecular weight is 263 g/mol. The average Bonchev–Trinajstić information content (AvgIpc) is 2.62. The predicted molar refractivity (Wildman–Crippen MR) is 70.9 cm³/mol. The van der Waals surface area contributed by atoms with Crippen molar-refractivity contribution in [2.75, 3.05) is 6.54 Å². The van der Waals surface area contributed by atoms with E-state index in [2.05, 4.69) is 29.6 Å². The Kier molecular flexibility index (Phi) is 6.32. The Labute approximate surface area is 111 Å². The van der Waals surface area contributed by atoms with E-state index in [1.165, 1.54) is 24.0 Å². The molecule has 0 radical (unpaired) electrons. The molecule has 1 heterocycles. The fourth-order valence-corrected chi connectivity index (χ4v) is 1.74. The topological polar surface area (TPSA) is 86.6 Å². The summed E-state index contributed by atoms with van der Waals surface area (Å²) in [5.74, 6) is -2.51. The fourth-order valence-electron chi connectivity index (χ4n) is 1.74. The molecular formula is C14H17NO4. The van der Waals surface area contributed by atoms with E-state index in [9.17, 15) is 9.59 Å². The van der Waals surface area contributed by atoms with E-state index >= 15 is 0 Å². The molecule has 5 heteroatoms. The maximum Gasteiger partial charge on any atom is 0.328 e. The van der Waals surface area contributed by atoms with Crippen LogP contribution in [-0.4, -0.2) is 28.7 Å². The van der Waals surface area contributed by atoms with Crippen LogP contribution in [0.2, 0.25) is 0 Å². The van der Waals surface area contributed by atoms with Gasteiger partial charge in [0.2, 0.25) is 0 Å². The minimum atomic E-state index is -1.26. The first-order chi connectivity index (χ1) is 9.09. The van der Waals surface area contributed by atoms with Gasteiger partial charge >= 0.3 is 11.9 Å². The van der Waals surface area contributed by atoms with Crippen molar-refractivity contribution in [3.8, 4) is 0 Å². The number of fused-ring (bicyclic) bond motifs is 1. The third-order valence-electron chi connectivity index (χ3n) is 2.60. The molecule has 5 nitrogen and oxygen atoms in total. The summed E-state index contributed by atoms with van der Waals surface area (Å²) in [5, 5.41) is 19.0. The summed E-state index contributed by atoms with van der Waals surface area (Å²) in [7, 11) is 0. The zero-order chi connectivity index (χ0) is 14.1. The van der Waals surface area contributed by atoms with E-state index in [0.29, 0.717) is 12.2 Å². The van der Waals surface area contributed by atoms with Gasteiger partial charge in [-0.15, -0.1) is 0 Å². The molecule has 2 rings (SSSR count). The second-order valence-electron chi connectivity index (χ2n) is 4.06. The number of carbonyl (C=O) groups is 2. The van der Waals surface area contributed by atoms with E-state index in [4.69, 9.17) is 10.2 Å². The van der Waals surface area contributed by atoms with Crippen LogP contribution >= 0.6 is 0 Å². The molecule has 0 bridgehead atoms. The number of carboxylic acids is 2. The largest absolute Gasteiger partial charge is 0.478 e. The lowest BCUT2D eigenvalue weighted by Gasteiger charge is -2.02. The van der Waals surface area contributed by atoms with Gasteiger partial charge in [0.25, 0.3) is 0 Å². The Balaban J connectivity index is 0.000000203. The first-order valence-electron chi connectivity index (χ1n) is 6.01. The first-order valence-corrected chi connectivity index (χ1v) is 6.01. The van der Waals surface area contributed by atoms with Gasteiger partial charge in [0.05, 0.1) is 0 Å². The molecule has 0 fully saturated rings. The van der Waals surface area contributed by atoms with Crippen molar-refractivity contribution < 1.29 is 19.8 Å². The molecule has 19 heavy (non-hydrogen) atoms. The van der Waals surface area contributed by atoms with Gasteiger partial charge < -0.3 is 15.5 Å². The Hall–Kier alpha value is -2.14.